The van der Waals surface area contributed by atoms with Gasteiger partial charge in [0.15, 0.2) is 5.78 Å². The maximum Gasteiger partial charge on any atom is 0.269 e. The molecule has 32 heavy (non-hydrogen) atoms. The predicted molar refractivity (Wildman–Crippen MR) is 126 cm³/mol. The number of likely N-dealkylation sites (tertiary alicyclic amines) is 2. The number of hydrogen-bond donors (Lipinski definition) is 0. The minimum atomic E-state index is -0.374. The quantitative estimate of drug-likeness (QED) is 0.312. The topological polar surface area (TPSA) is 66.7 Å². The zero-order chi connectivity index (χ0) is 22.5. The van der Waals surface area contributed by atoms with E-state index in [2.05, 4.69) is 9.80 Å². The molecule has 2 unspecified atom stereocenters. The normalized spacial score (nSPS) is 19.9. The van der Waals surface area contributed by atoms with Crippen LogP contribution in [0.5, 0.6) is 0 Å². The number of non-ortho nitro benzene ring substituents is 1. The Balaban J connectivity index is 1.76. The summed E-state index contributed by atoms with van der Waals surface area (Å²) >= 11 is 6.08. The lowest BCUT2D eigenvalue weighted by molar-refractivity contribution is -0.384. The van der Waals surface area contributed by atoms with E-state index in [1.54, 1.807) is 24.3 Å². The van der Waals surface area contributed by atoms with Crippen LogP contribution in [-0.2, 0) is 0 Å². The predicted octanol–water partition coefficient (Wildman–Crippen LogP) is 5.51. The molecule has 2 atom stereocenters. The van der Waals surface area contributed by atoms with Crippen molar-refractivity contribution < 1.29 is 9.72 Å². The molecule has 2 aromatic carbocycles. The Morgan fingerprint density at radius 2 is 1.34 bits per heavy atom. The number of carbonyl (C=O) groups excluding carboxylic acids is 1. The molecule has 0 aliphatic carbocycles. The third-order valence-electron chi connectivity index (χ3n) is 6.71. The molecule has 0 spiro atoms. The van der Waals surface area contributed by atoms with Gasteiger partial charge in [0, 0.05) is 22.7 Å². The van der Waals surface area contributed by atoms with Gasteiger partial charge in [-0.15, -0.1) is 0 Å². The molecule has 2 saturated heterocycles. The molecule has 2 aromatic rings. The Hall–Kier alpha value is -2.28. The van der Waals surface area contributed by atoms with Crippen LogP contribution < -0.4 is 0 Å². The minimum Gasteiger partial charge on any atom is -0.294 e. The summed E-state index contributed by atoms with van der Waals surface area (Å²) in [6.07, 6.45) is 6.75. The highest BCUT2D eigenvalue weighted by Gasteiger charge is 2.39. The molecule has 7 heteroatoms. The lowest BCUT2D eigenvalue weighted by atomic mass is 9.87. The third kappa shape index (κ3) is 5.20. The first kappa shape index (κ1) is 22.9. The number of halogens is 1. The van der Waals surface area contributed by atoms with E-state index in [1.807, 2.05) is 24.3 Å². The molecule has 0 aromatic heterocycles. The van der Waals surface area contributed by atoms with Crippen molar-refractivity contribution in [2.24, 2.45) is 0 Å². The second-order valence-electron chi connectivity index (χ2n) is 8.80. The Kier molecular flexibility index (Phi) is 7.55. The first-order chi connectivity index (χ1) is 15.5. The summed E-state index contributed by atoms with van der Waals surface area (Å²) in [5, 5.41) is 11.8. The van der Waals surface area contributed by atoms with Crippen LogP contribution in [0, 0.1) is 10.1 Å². The standard InChI is InChI=1S/C25H30ClN3O3/c26-21-11-7-20(8-12-21)25(30)24(28-17-5-2-6-18-28)23(27-15-3-1-4-16-27)19-9-13-22(14-10-19)29(31)32/h7-14,23-24H,1-6,15-18H2. The second-order valence-corrected chi connectivity index (χ2v) is 9.24. The lowest BCUT2D eigenvalue weighted by Crippen LogP contribution is -2.53. The van der Waals surface area contributed by atoms with Gasteiger partial charge in [-0.05, 0) is 81.7 Å². The zero-order valence-corrected chi connectivity index (χ0v) is 19.0. The van der Waals surface area contributed by atoms with Crippen molar-refractivity contribution in [2.45, 2.75) is 50.6 Å². The van der Waals surface area contributed by atoms with E-state index in [1.165, 1.54) is 12.8 Å². The fraction of sp³-hybridized carbons (Fsp3) is 0.480. The number of benzene rings is 2. The van der Waals surface area contributed by atoms with Crippen molar-refractivity contribution in [1.82, 2.24) is 9.80 Å². The summed E-state index contributed by atoms with van der Waals surface area (Å²) in [7, 11) is 0. The van der Waals surface area contributed by atoms with Crippen LogP contribution in [-0.4, -0.2) is 52.7 Å². The number of ketones is 1. The Labute approximate surface area is 194 Å². The summed E-state index contributed by atoms with van der Waals surface area (Å²) < 4.78 is 0. The Morgan fingerprint density at radius 3 is 1.88 bits per heavy atom. The summed E-state index contributed by atoms with van der Waals surface area (Å²) in [6.45, 7) is 3.64. The summed E-state index contributed by atoms with van der Waals surface area (Å²) in [4.78, 5) is 29.6. The number of nitro benzene ring substituents is 1. The van der Waals surface area contributed by atoms with Gasteiger partial charge in [0.1, 0.15) is 0 Å². The van der Waals surface area contributed by atoms with Crippen LogP contribution in [0.1, 0.15) is 60.5 Å². The number of hydrogen-bond acceptors (Lipinski definition) is 5. The maximum absolute atomic E-state index is 14.0. The molecule has 0 radical (unpaired) electrons. The van der Waals surface area contributed by atoms with E-state index in [4.69, 9.17) is 11.6 Å². The molecule has 6 nitrogen and oxygen atoms in total. The van der Waals surface area contributed by atoms with Crippen molar-refractivity contribution in [3.05, 3.63) is 74.8 Å². The SMILES string of the molecule is O=C(c1ccc(Cl)cc1)C(C(c1ccc([N+](=O)[O-])cc1)N1CCCCC1)N1CCCCC1. The first-order valence-corrected chi connectivity index (χ1v) is 11.9. The summed E-state index contributed by atoms with van der Waals surface area (Å²) in [5.74, 6) is 0.0949. The van der Waals surface area contributed by atoms with Gasteiger partial charge in [-0.2, -0.15) is 0 Å². The van der Waals surface area contributed by atoms with Crippen molar-refractivity contribution in [3.8, 4) is 0 Å². The highest BCUT2D eigenvalue weighted by Crippen LogP contribution is 2.34. The number of piperidine rings is 2. The average molecular weight is 456 g/mol. The van der Waals surface area contributed by atoms with E-state index in [0.717, 1.165) is 57.4 Å². The summed E-state index contributed by atoms with van der Waals surface area (Å²) in [6, 6.07) is 13.5. The van der Waals surface area contributed by atoms with Crippen LogP contribution in [0.15, 0.2) is 48.5 Å². The smallest absolute Gasteiger partial charge is 0.269 e. The monoisotopic (exact) mass is 455 g/mol. The van der Waals surface area contributed by atoms with Crippen LogP contribution in [0.25, 0.3) is 0 Å². The summed E-state index contributed by atoms with van der Waals surface area (Å²) in [5.41, 5.74) is 1.70. The van der Waals surface area contributed by atoms with Crippen molar-refractivity contribution >= 4 is 23.1 Å². The van der Waals surface area contributed by atoms with Crippen LogP contribution in [0.4, 0.5) is 5.69 Å². The fourth-order valence-corrected chi connectivity index (χ4v) is 5.20. The molecular formula is C25H30ClN3O3. The van der Waals surface area contributed by atoms with Crippen molar-refractivity contribution in [2.75, 3.05) is 26.2 Å². The highest BCUT2D eigenvalue weighted by atomic mass is 35.5. The van der Waals surface area contributed by atoms with Gasteiger partial charge in [0.25, 0.3) is 5.69 Å². The van der Waals surface area contributed by atoms with Gasteiger partial charge in [-0.1, -0.05) is 36.6 Å². The van der Waals surface area contributed by atoms with Gasteiger partial charge in [0.05, 0.1) is 17.0 Å². The molecular weight excluding hydrogens is 426 g/mol. The van der Waals surface area contributed by atoms with Gasteiger partial charge in [-0.3, -0.25) is 24.7 Å². The van der Waals surface area contributed by atoms with Crippen molar-refractivity contribution in [3.63, 3.8) is 0 Å². The van der Waals surface area contributed by atoms with E-state index in [9.17, 15) is 14.9 Å². The van der Waals surface area contributed by atoms with Gasteiger partial charge in [0.2, 0.25) is 0 Å². The molecule has 0 saturated carbocycles. The molecule has 2 aliphatic heterocycles. The maximum atomic E-state index is 14.0. The van der Waals surface area contributed by atoms with E-state index in [0.29, 0.717) is 10.6 Å². The highest BCUT2D eigenvalue weighted by molar-refractivity contribution is 6.30. The van der Waals surface area contributed by atoms with Crippen LogP contribution in [0.3, 0.4) is 0 Å². The largest absolute Gasteiger partial charge is 0.294 e. The van der Waals surface area contributed by atoms with Crippen LogP contribution >= 0.6 is 11.6 Å². The third-order valence-corrected chi connectivity index (χ3v) is 6.96. The second kappa shape index (κ2) is 10.6. The average Bonchev–Trinajstić information content (AvgIpc) is 2.84. The number of rotatable bonds is 7. The van der Waals surface area contributed by atoms with Crippen molar-refractivity contribution in [1.29, 1.82) is 0 Å². The number of nitro groups is 1. The fourth-order valence-electron chi connectivity index (χ4n) is 5.07. The number of nitrogens with zero attached hydrogens (tertiary/aromatic N) is 3. The van der Waals surface area contributed by atoms with Crippen LogP contribution in [0.2, 0.25) is 5.02 Å². The minimum absolute atomic E-state index is 0.0738. The molecule has 0 N–H and O–H groups in total. The number of Topliss-reactive ketones (excluding diaryl/α,β-unsaturated/α-hetero) is 1. The van der Waals surface area contributed by atoms with Gasteiger partial charge >= 0.3 is 0 Å². The molecule has 0 bridgehead atoms. The number of carbonyl (C=O) groups is 1. The Morgan fingerprint density at radius 1 is 0.812 bits per heavy atom. The Bertz CT molecular complexity index is 920. The van der Waals surface area contributed by atoms with E-state index < -0.39 is 0 Å². The van der Waals surface area contributed by atoms with E-state index >= 15 is 0 Å². The molecule has 2 heterocycles. The van der Waals surface area contributed by atoms with E-state index in [-0.39, 0.29) is 28.5 Å². The lowest BCUT2D eigenvalue weighted by Gasteiger charge is -2.44. The first-order valence-electron chi connectivity index (χ1n) is 11.6. The molecule has 2 fully saturated rings. The molecule has 0 amide bonds. The van der Waals surface area contributed by atoms with Gasteiger partial charge < -0.3 is 0 Å². The zero-order valence-electron chi connectivity index (χ0n) is 18.3. The molecule has 170 valence electrons. The molecule has 4 rings (SSSR count). The van der Waals surface area contributed by atoms with Gasteiger partial charge in [-0.25, -0.2) is 0 Å². The molecule has 2 aliphatic rings.